The first-order chi connectivity index (χ1) is 8.13. The van der Waals surface area contributed by atoms with Gasteiger partial charge in [-0.15, -0.1) is 0 Å². The van der Waals surface area contributed by atoms with Crippen LogP contribution in [0.2, 0.25) is 0 Å². The second-order valence-electron chi connectivity index (χ2n) is 4.87. The van der Waals surface area contributed by atoms with Gasteiger partial charge in [0.1, 0.15) is 5.75 Å². The second kappa shape index (κ2) is 5.07. The molecular formula is C14H20O3. The highest BCUT2D eigenvalue weighted by Crippen LogP contribution is 2.28. The van der Waals surface area contributed by atoms with Crippen molar-refractivity contribution in [2.75, 3.05) is 20.3 Å². The SMILES string of the molecule is COc1ccc(C)cc1CC1(O)CCCOC1. The topological polar surface area (TPSA) is 38.7 Å². The summed E-state index contributed by atoms with van der Waals surface area (Å²) >= 11 is 0. The maximum Gasteiger partial charge on any atom is 0.122 e. The van der Waals surface area contributed by atoms with Crippen LogP contribution in [0.4, 0.5) is 0 Å². The molecule has 1 unspecified atom stereocenters. The van der Waals surface area contributed by atoms with Gasteiger partial charge in [0.2, 0.25) is 0 Å². The molecule has 0 aliphatic carbocycles. The molecule has 17 heavy (non-hydrogen) atoms. The van der Waals surface area contributed by atoms with Crippen LogP contribution in [0.3, 0.4) is 0 Å². The van der Waals surface area contributed by atoms with Gasteiger partial charge in [0.15, 0.2) is 0 Å². The average molecular weight is 236 g/mol. The van der Waals surface area contributed by atoms with Crippen LogP contribution in [0.15, 0.2) is 18.2 Å². The van der Waals surface area contributed by atoms with Crippen LogP contribution in [0, 0.1) is 6.92 Å². The molecule has 0 radical (unpaired) electrons. The summed E-state index contributed by atoms with van der Waals surface area (Å²) < 4.78 is 10.7. The smallest absolute Gasteiger partial charge is 0.122 e. The first kappa shape index (κ1) is 12.4. The van der Waals surface area contributed by atoms with Gasteiger partial charge in [-0.3, -0.25) is 0 Å². The molecular weight excluding hydrogens is 216 g/mol. The minimum absolute atomic E-state index is 0.421. The van der Waals surface area contributed by atoms with E-state index in [0.29, 0.717) is 13.0 Å². The number of hydrogen-bond acceptors (Lipinski definition) is 3. The molecule has 3 heteroatoms. The zero-order chi connectivity index (χ0) is 12.3. The van der Waals surface area contributed by atoms with Gasteiger partial charge >= 0.3 is 0 Å². The first-order valence-electron chi connectivity index (χ1n) is 6.07. The van der Waals surface area contributed by atoms with E-state index in [4.69, 9.17) is 9.47 Å². The van der Waals surface area contributed by atoms with E-state index >= 15 is 0 Å². The fourth-order valence-corrected chi connectivity index (χ4v) is 2.38. The third-order valence-electron chi connectivity index (χ3n) is 3.26. The highest BCUT2D eigenvalue weighted by atomic mass is 16.5. The lowest BCUT2D eigenvalue weighted by atomic mass is 9.88. The Hall–Kier alpha value is -1.06. The Labute approximate surface area is 102 Å². The Morgan fingerprint density at radius 1 is 1.47 bits per heavy atom. The van der Waals surface area contributed by atoms with Crippen molar-refractivity contribution in [2.24, 2.45) is 0 Å². The maximum atomic E-state index is 10.5. The normalized spacial score (nSPS) is 24.6. The third kappa shape index (κ3) is 2.99. The molecule has 94 valence electrons. The fourth-order valence-electron chi connectivity index (χ4n) is 2.38. The summed E-state index contributed by atoms with van der Waals surface area (Å²) in [4.78, 5) is 0. The molecule has 0 saturated carbocycles. The summed E-state index contributed by atoms with van der Waals surface area (Å²) in [5.74, 6) is 0.842. The standard InChI is InChI=1S/C14H20O3/c1-11-4-5-13(16-2)12(8-11)9-14(15)6-3-7-17-10-14/h4-5,8,15H,3,6-7,9-10H2,1-2H3. The first-order valence-corrected chi connectivity index (χ1v) is 6.07. The summed E-state index contributed by atoms with van der Waals surface area (Å²) in [6, 6.07) is 6.05. The van der Waals surface area contributed by atoms with Crippen molar-refractivity contribution in [2.45, 2.75) is 31.8 Å². The third-order valence-corrected chi connectivity index (χ3v) is 3.26. The van der Waals surface area contributed by atoms with Crippen LogP contribution in [0.5, 0.6) is 5.75 Å². The van der Waals surface area contributed by atoms with E-state index in [1.807, 2.05) is 19.1 Å². The summed E-state index contributed by atoms with van der Waals surface area (Å²) in [7, 11) is 1.66. The number of benzene rings is 1. The van der Waals surface area contributed by atoms with Gasteiger partial charge in [-0.1, -0.05) is 17.7 Å². The van der Waals surface area contributed by atoms with E-state index < -0.39 is 5.60 Å². The van der Waals surface area contributed by atoms with E-state index in [9.17, 15) is 5.11 Å². The van der Waals surface area contributed by atoms with E-state index in [1.165, 1.54) is 5.56 Å². The van der Waals surface area contributed by atoms with Crippen molar-refractivity contribution in [3.8, 4) is 5.75 Å². The van der Waals surface area contributed by atoms with Crippen LogP contribution in [0.25, 0.3) is 0 Å². The molecule has 1 heterocycles. The molecule has 1 aromatic carbocycles. The van der Waals surface area contributed by atoms with Gasteiger partial charge in [-0.2, -0.15) is 0 Å². The Morgan fingerprint density at radius 3 is 2.94 bits per heavy atom. The van der Waals surface area contributed by atoms with Crippen LogP contribution in [-0.4, -0.2) is 31.0 Å². The number of aliphatic hydroxyl groups is 1. The van der Waals surface area contributed by atoms with Gasteiger partial charge in [0, 0.05) is 13.0 Å². The summed E-state index contributed by atoms with van der Waals surface area (Å²) in [6.07, 6.45) is 2.31. The molecule has 1 fully saturated rings. The predicted molar refractivity (Wildman–Crippen MR) is 66.4 cm³/mol. The second-order valence-corrected chi connectivity index (χ2v) is 4.87. The van der Waals surface area contributed by atoms with Gasteiger partial charge in [-0.05, 0) is 31.4 Å². The lowest BCUT2D eigenvalue weighted by Crippen LogP contribution is -2.40. The molecule has 0 bridgehead atoms. The van der Waals surface area contributed by atoms with E-state index in [0.717, 1.165) is 30.8 Å². The minimum Gasteiger partial charge on any atom is -0.496 e. The Balaban J connectivity index is 2.19. The van der Waals surface area contributed by atoms with Crippen molar-refractivity contribution in [3.63, 3.8) is 0 Å². The molecule has 1 aliphatic rings. The number of ether oxygens (including phenoxy) is 2. The van der Waals surface area contributed by atoms with Gasteiger partial charge in [-0.25, -0.2) is 0 Å². The summed E-state index contributed by atoms with van der Waals surface area (Å²) in [5, 5.41) is 10.5. The molecule has 1 atom stereocenters. The maximum absolute atomic E-state index is 10.5. The zero-order valence-corrected chi connectivity index (χ0v) is 10.5. The van der Waals surface area contributed by atoms with E-state index in [-0.39, 0.29) is 0 Å². The molecule has 1 aliphatic heterocycles. The van der Waals surface area contributed by atoms with Crippen molar-refractivity contribution < 1.29 is 14.6 Å². The number of hydrogen-bond donors (Lipinski definition) is 1. The quantitative estimate of drug-likeness (QED) is 0.873. The van der Waals surface area contributed by atoms with E-state index in [2.05, 4.69) is 6.07 Å². The van der Waals surface area contributed by atoms with Crippen molar-refractivity contribution in [1.29, 1.82) is 0 Å². The van der Waals surface area contributed by atoms with Gasteiger partial charge < -0.3 is 14.6 Å². The molecule has 2 rings (SSSR count). The monoisotopic (exact) mass is 236 g/mol. The molecule has 1 N–H and O–H groups in total. The molecule has 0 amide bonds. The van der Waals surface area contributed by atoms with Crippen molar-refractivity contribution >= 4 is 0 Å². The fraction of sp³-hybridized carbons (Fsp3) is 0.571. The van der Waals surface area contributed by atoms with Crippen LogP contribution in [-0.2, 0) is 11.2 Å². The molecule has 1 aromatic rings. The number of aryl methyl sites for hydroxylation is 1. The van der Waals surface area contributed by atoms with Gasteiger partial charge in [0.05, 0.1) is 19.3 Å². The molecule has 3 nitrogen and oxygen atoms in total. The van der Waals surface area contributed by atoms with E-state index in [1.54, 1.807) is 7.11 Å². The highest BCUT2D eigenvalue weighted by molar-refractivity contribution is 5.37. The molecule has 0 spiro atoms. The van der Waals surface area contributed by atoms with Crippen LogP contribution >= 0.6 is 0 Å². The van der Waals surface area contributed by atoms with Crippen LogP contribution in [0.1, 0.15) is 24.0 Å². The molecule has 1 saturated heterocycles. The minimum atomic E-state index is -0.737. The zero-order valence-electron chi connectivity index (χ0n) is 10.5. The summed E-state index contributed by atoms with van der Waals surface area (Å²) in [5.41, 5.74) is 1.50. The Bertz CT molecular complexity index is 381. The largest absolute Gasteiger partial charge is 0.496 e. The lowest BCUT2D eigenvalue weighted by Gasteiger charge is -2.32. The van der Waals surface area contributed by atoms with Gasteiger partial charge in [0.25, 0.3) is 0 Å². The number of methoxy groups -OCH3 is 1. The molecule has 0 aromatic heterocycles. The summed E-state index contributed by atoms with van der Waals surface area (Å²) in [6.45, 7) is 3.22. The van der Waals surface area contributed by atoms with Crippen LogP contribution < -0.4 is 4.74 Å². The van der Waals surface area contributed by atoms with Crippen molar-refractivity contribution in [1.82, 2.24) is 0 Å². The number of rotatable bonds is 3. The van der Waals surface area contributed by atoms with Crippen molar-refractivity contribution in [3.05, 3.63) is 29.3 Å². The highest BCUT2D eigenvalue weighted by Gasteiger charge is 2.31. The Morgan fingerprint density at radius 2 is 2.29 bits per heavy atom. The Kier molecular flexibility index (Phi) is 3.69. The average Bonchev–Trinajstić information content (AvgIpc) is 2.29. The predicted octanol–water partition coefficient (Wildman–Crippen LogP) is 2.09. The lowest BCUT2D eigenvalue weighted by molar-refractivity contribution is -0.0846.